The van der Waals surface area contributed by atoms with Crippen molar-refractivity contribution in [2.75, 3.05) is 10.6 Å². The summed E-state index contributed by atoms with van der Waals surface area (Å²) >= 11 is 0. The average Bonchev–Trinajstić information content (AvgIpc) is 2.53. The van der Waals surface area contributed by atoms with Crippen LogP contribution in [0.4, 0.5) is 24.5 Å². The Labute approximate surface area is 135 Å². The normalized spacial score (nSPS) is 11.0. The zero-order valence-corrected chi connectivity index (χ0v) is 12.4. The van der Waals surface area contributed by atoms with E-state index in [1.54, 1.807) is 12.1 Å². The number of aryl methyl sites for hydroxylation is 1. The van der Waals surface area contributed by atoms with Crippen LogP contribution in [0, 0.1) is 0 Å². The van der Waals surface area contributed by atoms with Crippen molar-refractivity contribution in [3.8, 4) is 0 Å². The maximum atomic E-state index is 12.2. The SMILES string of the molecule is O=C(Nc1cccnc1)C(=O)Nc1cccc(CCC(F)(F)F)c1. The highest BCUT2D eigenvalue weighted by atomic mass is 19.4. The third-order valence-corrected chi connectivity index (χ3v) is 3.01. The molecule has 0 radical (unpaired) electrons. The Balaban J connectivity index is 1.95. The third-order valence-electron chi connectivity index (χ3n) is 3.01. The molecule has 2 amide bonds. The molecule has 0 fully saturated rings. The fourth-order valence-corrected chi connectivity index (χ4v) is 1.90. The number of pyridine rings is 1. The Bertz CT molecular complexity index is 718. The zero-order valence-electron chi connectivity index (χ0n) is 12.4. The van der Waals surface area contributed by atoms with Crippen LogP contribution >= 0.6 is 0 Å². The van der Waals surface area contributed by atoms with Crippen LogP contribution in [-0.4, -0.2) is 23.0 Å². The number of anilines is 2. The number of hydrogen-bond acceptors (Lipinski definition) is 3. The van der Waals surface area contributed by atoms with Crippen molar-refractivity contribution in [1.29, 1.82) is 0 Å². The number of nitrogens with one attached hydrogen (secondary N) is 2. The van der Waals surface area contributed by atoms with E-state index >= 15 is 0 Å². The van der Waals surface area contributed by atoms with E-state index in [-0.39, 0.29) is 12.1 Å². The number of nitrogens with zero attached hydrogens (tertiary/aromatic N) is 1. The van der Waals surface area contributed by atoms with Gasteiger partial charge in [-0.2, -0.15) is 13.2 Å². The molecule has 0 atom stereocenters. The summed E-state index contributed by atoms with van der Waals surface area (Å²) in [7, 11) is 0. The van der Waals surface area contributed by atoms with Gasteiger partial charge in [0.25, 0.3) is 0 Å². The molecule has 0 aliphatic rings. The van der Waals surface area contributed by atoms with Crippen molar-refractivity contribution in [2.24, 2.45) is 0 Å². The molecule has 0 saturated heterocycles. The minimum Gasteiger partial charge on any atom is -0.318 e. The monoisotopic (exact) mass is 337 g/mol. The Hall–Kier alpha value is -2.90. The number of carbonyl (C=O) groups excluding carboxylic acids is 2. The van der Waals surface area contributed by atoms with E-state index in [4.69, 9.17) is 0 Å². The highest BCUT2D eigenvalue weighted by molar-refractivity contribution is 6.43. The lowest BCUT2D eigenvalue weighted by Crippen LogP contribution is -2.29. The van der Waals surface area contributed by atoms with Gasteiger partial charge in [0.05, 0.1) is 11.9 Å². The molecule has 8 heteroatoms. The Morgan fingerprint density at radius 1 is 1.00 bits per heavy atom. The van der Waals surface area contributed by atoms with Crippen LogP contribution in [-0.2, 0) is 16.0 Å². The van der Waals surface area contributed by atoms with Crippen LogP contribution in [0.1, 0.15) is 12.0 Å². The second-order valence-corrected chi connectivity index (χ2v) is 4.97. The van der Waals surface area contributed by atoms with E-state index in [0.717, 1.165) is 0 Å². The summed E-state index contributed by atoms with van der Waals surface area (Å²) in [6.07, 6.45) is -2.51. The van der Waals surface area contributed by atoms with E-state index in [1.807, 2.05) is 0 Å². The second-order valence-electron chi connectivity index (χ2n) is 4.97. The summed E-state index contributed by atoms with van der Waals surface area (Å²) in [5, 5.41) is 4.71. The van der Waals surface area contributed by atoms with E-state index in [0.29, 0.717) is 11.3 Å². The molecule has 0 saturated carbocycles. The first kappa shape index (κ1) is 17.5. The number of aromatic nitrogens is 1. The van der Waals surface area contributed by atoms with Gasteiger partial charge < -0.3 is 10.6 Å². The van der Waals surface area contributed by atoms with Gasteiger partial charge in [-0.3, -0.25) is 14.6 Å². The number of halogens is 3. The summed E-state index contributed by atoms with van der Waals surface area (Å²) in [4.78, 5) is 27.4. The van der Waals surface area contributed by atoms with Gasteiger partial charge >= 0.3 is 18.0 Å². The maximum Gasteiger partial charge on any atom is 0.389 e. The molecular weight excluding hydrogens is 323 g/mol. The second kappa shape index (κ2) is 7.58. The van der Waals surface area contributed by atoms with Crippen molar-refractivity contribution < 1.29 is 22.8 Å². The Morgan fingerprint density at radius 2 is 1.67 bits per heavy atom. The minimum absolute atomic E-state index is 0.199. The van der Waals surface area contributed by atoms with Crippen molar-refractivity contribution in [1.82, 2.24) is 4.98 Å². The van der Waals surface area contributed by atoms with Crippen LogP contribution in [0.3, 0.4) is 0 Å². The van der Waals surface area contributed by atoms with Crippen LogP contribution in [0.5, 0.6) is 0 Å². The molecule has 0 unspecified atom stereocenters. The van der Waals surface area contributed by atoms with E-state index < -0.39 is 24.4 Å². The molecule has 2 rings (SSSR count). The Morgan fingerprint density at radius 3 is 2.29 bits per heavy atom. The minimum atomic E-state index is -4.25. The quantitative estimate of drug-likeness (QED) is 0.842. The van der Waals surface area contributed by atoms with Crippen molar-refractivity contribution >= 4 is 23.2 Å². The van der Waals surface area contributed by atoms with Gasteiger partial charge in [-0.25, -0.2) is 0 Å². The molecule has 0 spiro atoms. The van der Waals surface area contributed by atoms with Gasteiger partial charge in [-0.05, 0) is 36.2 Å². The highest BCUT2D eigenvalue weighted by Crippen LogP contribution is 2.23. The van der Waals surface area contributed by atoms with Gasteiger partial charge in [-0.15, -0.1) is 0 Å². The molecule has 126 valence electrons. The van der Waals surface area contributed by atoms with Gasteiger partial charge in [0.15, 0.2) is 0 Å². The number of alkyl halides is 3. The third kappa shape index (κ3) is 5.71. The molecule has 0 bridgehead atoms. The average molecular weight is 337 g/mol. The lowest BCUT2D eigenvalue weighted by molar-refractivity contribution is -0.134. The van der Waals surface area contributed by atoms with Crippen LogP contribution < -0.4 is 10.6 Å². The lowest BCUT2D eigenvalue weighted by Gasteiger charge is -2.09. The van der Waals surface area contributed by atoms with Crippen LogP contribution in [0.2, 0.25) is 0 Å². The molecule has 1 heterocycles. The highest BCUT2D eigenvalue weighted by Gasteiger charge is 2.26. The van der Waals surface area contributed by atoms with Crippen LogP contribution in [0.15, 0.2) is 48.8 Å². The molecule has 0 aliphatic heterocycles. The number of hydrogen-bond donors (Lipinski definition) is 2. The van der Waals surface area contributed by atoms with E-state index in [9.17, 15) is 22.8 Å². The molecule has 1 aromatic heterocycles. The Kier molecular flexibility index (Phi) is 5.51. The van der Waals surface area contributed by atoms with Crippen molar-refractivity contribution in [3.05, 3.63) is 54.4 Å². The van der Waals surface area contributed by atoms with Gasteiger partial charge in [-0.1, -0.05) is 12.1 Å². The molecule has 24 heavy (non-hydrogen) atoms. The molecule has 2 N–H and O–H groups in total. The number of carbonyl (C=O) groups is 2. The lowest BCUT2D eigenvalue weighted by atomic mass is 10.1. The first-order valence-electron chi connectivity index (χ1n) is 7.01. The van der Waals surface area contributed by atoms with Crippen LogP contribution in [0.25, 0.3) is 0 Å². The van der Waals surface area contributed by atoms with Crippen molar-refractivity contribution in [2.45, 2.75) is 19.0 Å². The van der Waals surface area contributed by atoms with E-state index in [2.05, 4.69) is 15.6 Å². The number of rotatable bonds is 4. The first-order valence-corrected chi connectivity index (χ1v) is 7.01. The van der Waals surface area contributed by atoms with E-state index in [1.165, 1.54) is 36.7 Å². The fraction of sp³-hybridized carbons (Fsp3) is 0.188. The van der Waals surface area contributed by atoms with Gasteiger partial charge in [0, 0.05) is 18.3 Å². The summed E-state index contributed by atoms with van der Waals surface area (Å²) in [5.74, 6) is -1.82. The van der Waals surface area contributed by atoms with Gasteiger partial charge in [0.1, 0.15) is 0 Å². The first-order chi connectivity index (χ1) is 11.3. The summed E-state index contributed by atoms with van der Waals surface area (Å²) in [6.45, 7) is 0. The molecule has 5 nitrogen and oxygen atoms in total. The smallest absolute Gasteiger partial charge is 0.318 e. The zero-order chi connectivity index (χ0) is 17.6. The topological polar surface area (TPSA) is 71.1 Å². The number of amides is 2. The summed E-state index contributed by atoms with van der Waals surface area (Å²) in [6, 6.07) is 9.10. The predicted octanol–water partition coefficient (Wildman–Crippen LogP) is 3.15. The van der Waals surface area contributed by atoms with Gasteiger partial charge in [0.2, 0.25) is 0 Å². The summed E-state index contributed by atoms with van der Waals surface area (Å²) in [5.41, 5.74) is 1.02. The maximum absolute atomic E-state index is 12.2. The standard InChI is InChI=1S/C16H14F3N3O2/c17-16(18,19)7-6-11-3-1-4-12(9-11)21-14(23)15(24)22-13-5-2-8-20-10-13/h1-5,8-10H,6-7H2,(H,21,23)(H,22,24). The molecule has 0 aliphatic carbocycles. The fourth-order valence-electron chi connectivity index (χ4n) is 1.90. The molecule has 1 aromatic carbocycles. The summed E-state index contributed by atoms with van der Waals surface area (Å²) < 4.78 is 36.7. The predicted molar refractivity (Wildman–Crippen MR) is 82.3 cm³/mol. The largest absolute Gasteiger partial charge is 0.389 e. The number of benzene rings is 1. The van der Waals surface area contributed by atoms with Crippen molar-refractivity contribution in [3.63, 3.8) is 0 Å². The molecular formula is C16H14F3N3O2. The molecule has 2 aromatic rings.